The highest BCUT2D eigenvalue weighted by atomic mass is 16.1. The molecule has 21 heavy (non-hydrogen) atoms. The molecule has 0 N–H and O–H groups in total. The van der Waals surface area contributed by atoms with Crippen molar-refractivity contribution < 1.29 is 9.59 Å². The van der Waals surface area contributed by atoms with Crippen LogP contribution in [0, 0.1) is 0 Å². The minimum Gasteiger partial charge on any atom is -0.299 e. The number of hydrogen-bond acceptors (Lipinski definition) is 3. The zero-order valence-corrected chi connectivity index (χ0v) is 12.1. The third-order valence-electron chi connectivity index (χ3n) is 3.69. The van der Waals surface area contributed by atoms with Gasteiger partial charge in [0.1, 0.15) is 5.78 Å². The minimum atomic E-state index is -0.207. The summed E-state index contributed by atoms with van der Waals surface area (Å²) in [6.07, 6.45) is 1.51. The van der Waals surface area contributed by atoms with Gasteiger partial charge in [-0.2, -0.15) is 4.99 Å². The van der Waals surface area contributed by atoms with E-state index in [0.29, 0.717) is 5.69 Å². The second kappa shape index (κ2) is 6.78. The number of ketones is 1. The van der Waals surface area contributed by atoms with Gasteiger partial charge in [0, 0.05) is 5.92 Å². The highest BCUT2D eigenvalue weighted by molar-refractivity contribution is 5.84. The van der Waals surface area contributed by atoms with Crippen LogP contribution in [0.5, 0.6) is 0 Å². The molecule has 3 nitrogen and oxygen atoms in total. The van der Waals surface area contributed by atoms with Crippen molar-refractivity contribution in [3.05, 3.63) is 65.7 Å². The van der Waals surface area contributed by atoms with Crippen molar-refractivity contribution in [3.8, 4) is 0 Å². The first-order valence-electron chi connectivity index (χ1n) is 6.86. The average Bonchev–Trinajstić information content (AvgIpc) is 2.50. The van der Waals surface area contributed by atoms with Gasteiger partial charge >= 0.3 is 0 Å². The Kier molecular flexibility index (Phi) is 4.81. The van der Waals surface area contributed by atoms with Crippen molar-refractivity contribution in [2.45, 2.75) is 25.7 Å². The first-order chi connectivity index (χ1) is 10.1. The maximum absolute atomic E-state index is 12.1. The highest BCUT2D eigenvalue weighted by Gasteiger charge is 2.24. The van der Waals surface area contributed by atoms with Gasteiger partial charge in [0.15, 0.2) is 0 Å². The van der Waals surface area contributed by atoms with E-state index in [2.05, 4.69) is 11.9 Å². The summed E-state index contributed by atoms with van der Waals surface area (Å²) in [6, 6.07) is 17.1. The highest BCUT2D eigenvalue weighted by Crippen LogP contribution is 2.34. The maximum Gasteiger partial charge on any atom is 0.240 e. The van der Waals surface area contributed by atoms with Crippen LogP contribution in [-0.2, 0) is 9.59 Å². The molecule has 0 aliphatic rings. The first kappa shape index (κ1) is 14.9. The molecule has 2 aromatic rings. The first-order valence-corrected chi connectivity index (χ1v) is 6.86. The van der Waals surface area contributed by atoms with Crippen molar-refractivity contribution >= 4 is 17.6 Å². The normalized spacial score (nSPS) is 13.0. The van der Waals surface area contributed by atoms with Gasteiger partial charge < -0.3 is 0 Å². The molecule has 0 aromatic heterocycles. The smallest absolute Gasteiger partial charge is 0.240 e. The number of carbonyl (C=O) groups is 1. The van der Waals surface area contributed by atoms with E-state index in [1.54, 1.807) is 19.1 Å². The lowest BCUT2D eigenvalue weighted by molar-refractivity contribution is -0.118. The topological polar surface area (TPSA) is 46.5 Å². The van der Waals surface area contributed by atoms with Gasteiger partial charge in [-0.05, 0) is 36.1 Å². The molecule has 2 atom stereocenters. The Morgan fingerprint density at radius 2 is 1.62 bits per heavy atom. The van der Waals surface area contributed by atoms with Crippen LogP contribution in [0.3, 0.4) is 0 Å². The maximum atomic E-state index is 12.1. The van der Waals surface area contributed by atoms with Crippen molar-refractivity contribution in [3.63, 3.8) is 0 Å². The SMILES string of the molecule is CC(=O)C(c1ccc(N=C=O)cc1)C(C)c1ccccc1. The number of benzene rings is 2. The second-order valence-electron chi connectivity index (χ2n) is 5.08. The Morgan fingerprint density at radius 3 is 2.14 bits per heavy atom. The molecule has 0 radical (unpaired) electrons. The molecule has 2 unspecified atom stereocenters. The van der Waals surface area contributed by atoms with Crippen molar-refractivity contribution in [1.82, 2.24) is 0 Å². The lowest BCUT2D eigenvalue weighted by Crippen LogP contribution is -2.16. The molecule has 106 valence electrons. The third-order valence-corrected chi connectivity index (χ3v) is 3.69. The lowest BCUT2D eigenvalue weighted by atomic mass is 9.80. The average molecular weight is 279 g/mol. The summed E-state index contributed by atoms with van der Waals surface area (Å²) in [4.78, 5) is 25.9. The number of aliphatic imine (C=N–C) groups is 1. The number of carbonyl (C=O) groups excluding carboxylic acids is 2. The summed E-state index contributed by atoms with van der Waals surface area (Å²) in [6.45, 7) is 3.67. The summed E-state index contributed by atoms with van der Waals surface area (Å²) in [7, 11) is 0. The van der Waals surface area contributed by atoms with E-state index in [1.807, 2.05) is 42.5 Å². The summed E-state index contributed by atoms with van der Waals surface area (Å²) >= 11 is 0. The van der Waals surface area contributed by atoms with E-state index in [0.717, 1.165) is 11.1 Å². The Hall–Kier alpha value is -2.51. The van der Waals surface area contributed by atoms with E-state index < -0.39 is 0 Å². The monoisotopic (exact) mass is 279 g/mol. The van der Waals surface area contributed by atoms with Crippen molar-refractivity contribution in [1.29, 1.82) is 0 Å². The number of isocyanates is 1. The fourth-order valence-corrected chi connectivity index (χ4v) is 2.63. The minimum absolute atomic E-state index is 0.0872. The van der Waals surface area contributed by atoms with E-state index in [4.69, 9.17) is 0 Å². The van der Waals surface area contributed by atoms with E-state index in [-0.39, 0.29) is 17.6 Å². The Bertz CT molecular complexity index is 655. The van der Waals surface area contributed by atoms with Crippen LogP contribution in [0.25, 0.3) is 0 Å². The molecule has 0 fully saturated rings. The van der Waals surface area contributed by atoms with Gasteiger partial charge in [0.05, 0.1) is 5.69 Å². The summed E-state index contributed by atoms with van der Waals surface area (Å²) in [5, 5.41) is 0. The Balaban J connectivity index is 2.35. The molecule has 0 spiro atoms. The molecule has 2 aromatic carbocycles. The molecule has 0 saturated carbocycles. The molecule has 0 saturated heterocycles. The van der Waals surface area contributed by atoms with Crippen molar-refractivity contribution in [2.24, 2.45) is 4.99 Å². The summed E-state index contributed by atoms with van der Waals surface area (Å²) in [5.41, 5.74) is 2.61. The summed E-state index contributed by atoms with van der Waals surface area (Å²) < 4.78 is 0. The van der Waals surface area contributed by atoms with E-state index >= 15 is 0 Å². The molecule has 0 bridgehead atoms. The number of rotatable bonds is 5. The molecular formula is C18H17NO2. The standard InChI is InChI=1S/C18H17NO2/c1-13(15-6-4-3-5-7-15)18(14(2)21)16-8-10-17(11-9-16)19-12-20/h3-11,13,18H,1-2H3. The van der Waals surface area contributed by atoms with Crippen molar-refractivity contribution in [2.75, 3.05) is 0 Å². The molecule has 0 amide bonds. The van der Waals surface area contributed by atoms with Crippen LogP contribution in [0.2, 0.25) is 0 Å². The van der Waals surface area contributed by atoms with Crippen LogP contribution in [0.15, 0.2) is 59.6 Å². The van der Waals surface area contributed by atoms with Gasteiger partial charge in [0.25, 0.3) is 0 Å². The van der Waals surface area contributed by atoms with E-state index in [1.165, 1.54) is 6.08 Å². The lowest BCUT2D eigenvalue weighted by Gasteiger charge is -2.22. The van der Waals surface area contributed by atoms with Crippen LogP contribution in [0.4, 0.5) is 5.69 Å². The fraction of sp³-hybridized carbons (Fsp3) is 0.222. The molecule has 0 heterocycles. The zero-order chi connectivity index (χ0) is 15.2. The van der Waals surface area contributed by atoms with Crippen LogP contribution in [0.1, 0.15) is 36.8 Å². The van der Waals surface area contributed by atoms with Gasteiger partial charge in [-0.1, -0.05) is 49.4 Å². The number of hydrogen-bond donors (Lipinski definition) is 0. The Morgan fingerprint density at radius 1 is 1.00 bits per heavy atom. The van der Waals surface area contributed by atoms with Gasteiger partial charge in [-0.3, -0.25) is 4.79 Å². The third kappa shape index (κ3) is 3.53. The molecular weight excluding hydrogens is 262 g/mol. The van der Waals surface area contributed by atoms with Crippen LogP contribution >= 0.6 is 0 Å². The van der Waals surface area contributed by atoms with Gasteiger partial charge in [-0.15, -0.1) is 0 Å². The molecule has 0 aliphatic carbocycles. The van der Waals surface area contributed by atoms with Gasteiger partial charge in [-0.25, -0.2) is 4.79 Å². The number of Topliss-reactive ketones (excluding diaryl/α,β-unsaturated/α-hetero) is 1. The molecule has 3 heteroatoms. The zero-order valence-electron chi connectivity index (χ0n) is 12.1. The van der Waals surface area contributed by atoms with Crippen LogP contribution < -0.4 is 0 Å². The number of nitrogens with zero attached hydrogens (tertiary/aromatic N) is 1. The van der Waals surface area contributed by atoms with Crippen LogP contribution in [-0.4, -0.2) is 11.9 Å². The molecule has 2 rings (SSSR count). The molecule has 0 aliphatic heterocycles. The predicted octanol–water partition coefficient (Wildman–Crippen LogP) is 4.13. The quantitative estimate of drug-likeness (QED) is 0.610. The Labute approximate surface area is 124 Å². The fourth-order valence-electron chi connectivity index (χ4n) is 2.63. The largest absolute Gasteiger partial charge is 0.299 e. The predicted molar refractivity (Wildman–Crippen MR) is 82.5 cm³/mol. The second-order valence-corrected chi connectivity index (χ2v) is 5.08. The van der Waals surface area contributed by atoms with E-state index in [9.17, 15) is 9.59 Å². The van der Waals surface area contributed by atoms with Gasteiger partial charge in [0.2, 0.25) is 6.08 Å². The summed E-state index contributed by atoms with van der Waals surface area (Å²) in [5.74, 6) is 0.00350.